The lowest BCUT2D eigenvalue weighted by Crippen LogP contribution is -2.29. The van der Waals surface area contributed by atoms with Gasteiger partial charge in [-0.1, -0.05) is 0 Å². The van der Waals surface area contributed by atoms with Gasteiger partial charge < -0.3 is 9.47 Å². The van der Waals surface area contributed by atoms with Crippen molar-refractivity contribution in [2.75, 3.05) is 14.2 Å². The molecule has 8 heteroatoms. The van der Waals surface area contributed by atoms with Crippen LogP contribution in [0.25, 0.3) is 22.4 Å². The van der Waals surface area contributed by atoms with E-state index in [-0.39, 0.29) is 11.7 Å². The van der Waals surface area contributed by atoms with Crippen molar-refractivity contribution < 1.29 is 9.47 Å². The van der Waals surface area contributed by atoms with Crippen molar-refractivity contribution >= 4 is 11.2 Å². The molecule has 0 N–H and O–H groups in total. The minimum atomic E-state index is -0.185. The first kappa shape index (κ1) is 17.9. The lowest BCUT2D eigenvalue weighted by molar-refractivity contribution is 0.103. The number of fused-ring (bicyclic) bond motifs is 1. The molecule has 0 saturated carbocycles. The topological polar surface area (TPSA) is 92.0 Å². The quantitative estimate of drug-likeness (QED) is 0.690. The summed E-state index contributed by atoms with van der Waals surface area (Å²) >= 11 is 0. The summed E-state index contributed by atoms with van der Waals surface area (Å²) in [5.74, 6) is 0.527. The Labute approximate surface area is 150 Å². The minimum Gasteiger partial charge on any atom is -0.481 e. The van der Waals surface area contributed by atoms with Gasteiger partial charge in [0.1, 0.15) is 23.2 Å². The van der Waals surface area contributed by atoms with Gasteiger partial charge in [-0.15, -0.1) is 0 Å². The van der Waals surface area contributed by atoms with Gasteiger partial charge in [-0.05, 0) is 26.8 Å². The van der Waals surface area contributed by atoms with Gasteiger partial charge >= 0.3 is 0 Å². The van der Waals surface area contributed by atoms with E-state index in [1.165, 1.54) is 6.33 Å². The molecule has 3 aromatic rings. The lowest BCUT2D eigenvalue weighted by atomic mass is 10.1. The fraction of sp³-hybridized carbons (Fsp3) is 0.389. The highest BCUT2D eigenvalue weighted by Gasteiger charge is 2.17. The zero-order chi connectivity index (χ0) is 18.8. The number of hydrogen-bond acceptors (Lipinski definition) is 7. The van der Waals surface area contributed by atoms with Gasteiger partial charge in [0.15, 0.2) is 5.65 Å². The van der Waals surface area contributed by atoms with E-state index in [4.69, 9.17) is 9.47 Å². The molecule has 0 aromatic carbocycles. The molecular weight excluding hydrogens is 334 g/mol. The van der Waals surface area contributed by atoms with Crippen LogP contribution >= 0.6 is 0 Å². The van der Waals surface area contributed by atoms with Gasteiger partial charge in [-0.25, -0.2) is 19.9 Å². The van der Waals surface area contributed by atoms with Crippen molar-refractivity contribution in [2.24, 2.45) is 0 Å². The van der Waals surface area contributed by atoms with Crippen molar-refractivity contribution in [3.05, 3.63) is 40.2 Å². The Balaban J connectivity index is 2.28. The summed E-state index contributed by atoms with van der Waals surface area (Å²) < 4.78 is 12.1. The van der Waals surface area contributed by atoms with Crippen LogP contribution in [-0.4, -0.2) is 44.8 Å². The van der Waals surface area contributed by atoms with Crippen LogP contribution in [0.1, 0.15) is 18.3 Å². The molecule has 136 valence electrons. The average molecular weight is 355 g/mol. The maximum atomic E-state index is 12.6. The van der Waals surface area contributed by atoms with Crippen molar-refractivity contribution in [3.63, 3.8) is 0 Å². The monoisotopic (exact) mass is 355 g/mol. The normalized spacial score (nSPS) is 12.3. The Bertz CT molecular complexity index is 1020. The summed E-state index contributed by atoms with van der Waals surface area (Å²) in [7, 11) is 3.18. The van der Waals surface area contributed by atoms with Crippen molar-refractivity contribution in [2.45, 2.75) is 33.4 Å². The number of methoxy groups -OCH3 is 2. The van der Waals surface area contributed by atoms with Gasteiger partial charge in [0.25, 0.3) is 5.56 Å². The maximum absolute atomic E-state index is 12.6. The summed E-state index contributed by atoms with van der Waals surface area (Å²) in [5.41, 5.74) is 3.44. The molecular formula is C18H21N5O3. The molecule has 3 aromatic heterocycles. The highest BCUT2D eigenvalue weighted by atomic mass is 16.5. The predicted molar refractivity (Wildman–Crippen MR) is 97.3 cm³/mol. The largest absolute Gasteiger partial charge is 0.481 e. The highest BCUT2D eigenvalue weighted by molar-refractivity contribution is 5.87. The average Bonchev–Trinajstić information content (AvgIpc) is 2.64. The van der Waals surface area contributed by atoms with Crippen LogP contribution in [0, 0.1) is 13.8 Å². The van der Waals surface area contributed by atoms with Crippen LogP contribution in [0.3, 0.4) is 0 Å². The van der Waals surface area contributed by atoms with E-state index in [1.807, 2.05) is 19.9 Å². The summed E-state index contributed by atoms with van der Waals surface area (Å²) in [5, 5.41) is 0. The first-order valence-electron chi connectivity index (χ1n) is 8.23. The van der Waals surface area contributed by atoms with Gasteiger partial charge in [-0.3, -0.25) is 9.36 Å². The van der Waals surface area contributed by atoms with Gasteiger partial charge in [0.05, 0.1) is 25.5 Å². The molecule has 0 aliphatic heterocycles. The molecule has 0 radical (unpaired) electrons. The number of ether oxygens (including phenoxy) is 2. The van der Waals surface area contributed by atoms with E-state index >= 15 is 0 Å². The molecule has 0 amide bonds. The van der Waals surface area contributed by atoms with Crippen LogP contribution in [0.15, 0.2) is 23.3 Å². The van der Waals surface area contributed by atoms with E-state index < -0.39 is 0 Å². The summed E-state index contributed by atoms with van der Waals surface area (Å²) in [6.45, 7) is 5.84. The first-order chi connectivity index (χ1) is 12.5. The molecule has 0 saturated heterocycles. The number of aromatic nitrogens is 5. The molecule has 0 aliphatic rings. The Morgan fingerprint density at radius 1 is 1.12 bits per heavy atom. The smallest absolute Gasteiger partial charge is 0.273 e. The summed E-state index contributed by atoms with van der Waals surface area (Å²) in [6, 6.07) is 3.65. The number of rotatable bonds is 5. The Morgan fingerprint density at radius 2 is 1.88 bits per heavy atom. The molecule has 0 spiro atoms. The van der Waals surface area contributed by atoms with Crippen LogP contribution in [0.5, 0.6) is 5.88 Å². The second-order valence-electron chi connectivity index (χ2n) is 6.04. The molecule has 26 heavy (non-hydrogen) atoms. The number of hydrogen-bond donors (Lipinski definition) is 0. The lowest BCUT2D eigenvalue weighted by Gasteiger charge is -2.15. The molecule has 0 aliphatic carbocycles. The number of nitrogens with zero attached hydrogens (tertiary/aromatic N) is 5. The van der Waals surface area contributed by atoms with Gasteiger partial charge in [0, 0.05) is 18.7 Å². The molecule has 0 fully saturated rings. The molecule has 3 heterocycles. The third kappa shape index (κ3) is 3.15. The van der Waals surface area contributed by atoms with E-state index in [9.17, 15) is 4.79 Å². The fourth-order valence-corrected chi connectivity index (χ4v) is 2.78. The van der Waals surface area contributed by atoms with Crippen molar-refractivity contribution in [3.8, 4) is 17.1 Å². The second-order valence-corrected chi connectivity index (χ2v) is 6.04. The summed E-state index contributed by atoms with van der Waals surface area (Å²) in [6.07, 6.45) is 1.30. The van der Waals surface area contributed by atoms with E-state index in [1.54, 1.807) is 31.8 Å². The first-order valence-corrected chi connectivity index (χ1v) is 8.23. The second kappa shape index (κ2) is 7.17. The number of aryl methyl sites for hydroxylation is 2. The van der Waals surface area contributed by atoms with E-state index in [2.05, 4.69) is 19.9 Å². The molecule has 0 bridgehead atoms. The van der Waals surface area contributed by atoms with Crippen LogP contribution in [0.2, 0.25) is 0 Å². The van der Waals surface area contributed by atoms with Crippen molar-refractivity contribution in [1.82, 2.24) is 24.5 Å². The number of pyridine rings is 1. The fourth-order valence-electron chi connectivity index (χ4n) is 2.78. The highest BCUT2D eigenvalue weighted by Crippen LogP contribution is 2.27. The zero-order valence-corrected chi connectivity index (χ0v) is 15.5. The SMILES string of the molecule is COc1ccc(-c2ncnc3c2nc(C)c(=O)n3CC(C)OC)c(C)n1. The third-order valence-corrected chi connectivity index (χ3v) is 4.26. The van der Waals surface area contributed by atoms with Crippen LogP contribution in [0.4, 0.5) is 0 Å². The Morgan fingerprint density at radius 3 is 2.54 bits per heavy atom. The predicted octanol–water partition coefficient (Wildman–Crippen LogP) is 1.91. The maximum Gasteiger partial charge on any atom is 0.273 e. The third-order valence-electron chi connectivity index (χ3n) is 4.26. The van der Waals surface area contributed by atoms with Crippen LogP contribution < -0.4 is 10.3 Å². The summed E-state index contributed by atoms with van der Waals surface area (Å²) in [4.78, 5) is 30.2. The van der Waals surface area contributed by atoms with E-state index in [0.29, 0.717) is 35.0 Å². The zero-order valence-electron chi connectivity index (χ0n) is 15.5. The van der Waals surface area contributed by atoms with Crippen LogP contribution in [-0.2, 0) is 11.3 Å². The molecule has 1 atom stereocenters. The molecule has 8 nitrogen and oxygen atoms in total. The standard InChI is InChI=1S/C18H21N5O3/c1-10(25-4)8-23-17-16(22-12(3)18(23)24)15(19-9-20-17)13-6-7-14(26-5)21-11(13)2/h6-7,9-10H,8H2,1-5H3. The minimum absolute atomic E-state index is 0.138. The Kier molecular flexibility index (Phi) is 4.94. The molecule has 1 unspecified atom stereocenters. The van der Waals surface area contributed by atoms with Crippen molar-refractivity contribution in [1.29, 1.82) is 0 Å². The molecule has 3 rings (SSSR count). The van der Waals surface area contributed by atoms with Gasteiger partial charge in [-0.2, -0.15) is 0 Å². The van der Waals surface area contributed by atoms with Gasteiger partial charge in [0.2, 0.25) is 5.88 Å². The Hall–Kier alpha value is -2.87. The van der Waals surface area contributed by atoms with E-state index in [0.717, 1.165) is 11.3 Å².